The van der Waals surface area contributed by atoms with E-state index in [2.05, 4.69) is 18.9 Å². The fraction of sp³-hybridized carbons (Fsp3) is 0.625. The summed E-state index contributed by atoms with van der Waals surface area (Å²) in [6.07, 6.45) is 5.07. The van der Waals surface area contributed by atoms with Crippen molar-refractivity contribution in [2.45, 2.75) is 52.1 Å². The third-order valence-corrected chi connectivity index (χ3v) is 4.64. The standard InChI is InChI=1S/C16H24N2O2/c1-12-7-9-15(10-8-12)17(3)11-14-5-4-6-16(13(14)2)18(19)20/h4-6,12,15H,7-11H2,1-3H3. The van der Waals surface area contributed by atoms with E-state index in [0.717, 1.165) is 23.6 Å². The molecular formula is C16H24N2O2. The zero-order chi connectivity index (χ0) is 14.7. The molecule has 2 rings (SSSR count). The monoisotopic (exact) mass is 276 g/mol. The van der Waals surface area contributed by atoms with Crippen LogP contribution in [0, 0.1) is 23.0 Å². The van der Waals surface area contributed by atoms with E-state index < -0.39 is 0 Å². The van der Waals surface area contributed by atoms with Crippen LogP contribution in [0.2, 0.25) is 0 Å². The van der Waals surface area contributed by atoms with Gasteiger partial charge in [0.25, 0.3) is 5.69 Å². The molecule has 0 radical (unpaired) electrons. The van der Waals surface area contributed by atoms with Gasteiger partial charge < -0.3 is 0 Å². The number of benzene rings is 1. The Bertz CT molecular complexity index is 479. The molecule has 0 atom stereocenters. The second-order valence-electron chi connectivity index (χ2n) is 6.15. The number of rotatable bonds is 4. The number of nitro groups is 1. The van der Waals surface area contributed by atoms with Gasteiger partial charge >= 0.3 is 0 Å². The molecular weight excluding hydrogens is 252 g/mol. The highest BCUT2D eigenvalue weighted by Crippen LogP contribution is 2.28. The molecule has 0 bridgehead atoms. The van der Waals surface area contributed by atoms with Gasteiger partial charge in [0.15, 0.2) is 0 Å². The van der Waals surface area contributed by atoms with Crippen LogP contribution in [0.1, 0.15) is 43.7 Å². The van der Waals surface area contributed by atoms with Gasteiger partial charge in [0.1, 0.15) is 0 Å². The summed E-state index contributed by atoms with van der Waals surface area (Å²) < 4.78 is 0. The zero-order valence-corrected chi connectivity index (χ0v) is 12.6. The second kappa shape index (κ2) is 6.35. The summed E-state index contributed by atoms with van der Waals surface area (Å²) in [6.45, 7) is 4.97. The van der Waals surface area contributed by atoms with E-state index in [1.165, 1.54) is 25.7 Å². The minimum Gasteiger partial charge on any atom is -0.299 e. The quantitative estimate of drug-likeness (QED) is 0.618. The minimum absolute atomic E-state index is 0.230. The van der Waals surface area contributed by atoms with E-state index in [-0.39, 0.29) is 10.6 Å². The molecule has 0 spiro atoms. The average molecular weight is 276 g/mol. The summed E-state index contributed by atoms with van der Waals surface area (Å²) in [5.74, 6) is 0.846. The number of nitrogens with zero attached hydrogens (tertiary/aromatic N) is 2. The smallest absolute Gasteiger partial charge is 0.272 e. The van der Waals surface area contributed by atoms with Gasteiger partial charge in [-0.2, -0.15) is 0 Å². The van der Waals surface area contributed by atoms with E-state index in [1.807, 2.05) is 13.0 Å². The van der Waals surface area contributed by atoms with Crippen LogP contribution in [-0.2, 0) is 6.54 Å². The topological polar surface area (TPSA) is 46.4 Å². The molecule has 0 saturated heterocycles. The van der Waals surface area contributed by atoms with Crippen molar-refractivity contribution in [1.29, 1.82) is 0 Å². The van der Waals surface area contributed by atoms with Crippen molar-refractivity contribution in [2.75, 3.05) is 7.05 Å². The van der Waals surface area contributed by atoms with E-state index >= 15 is 0 Å². The van der Waals surface area contributed by atoms with Crippen LogP contribution >= 0.6 is 0 Å². The SMILES string of the molecule is Cc1c(CN(C)C2CCC(C)CC2)cccc1[N+](=O)[O-]. The van der Waals surface area contributed by atoms with Crippen LogP contribution in [0.4, 0.5) is 5.69 Å². The maximum absolute atomic E-state index is 11.0. The molecule has 0 unspecified atom stereocenters. The predicted octanol–water partition coefficient (Wildman–Crippen LogP) is 3.91. The van der Waals surface area contributed by atoms with Crippen molar-refractivity contribution in [2.24, 2.45) is 5.92 Å². The first-order chi connectivity index (χ1) is 9.49. The molecule has 0 heterocycles. The molecule has 4 nitrogen and oxygen atoms in total. The van der Waals surface area contributed by atoms with E-state index in [4.69, 9.17) is 0 Å². The summed E-state index contributed by atoms with van der Waals surface area (Å²) in [4.78, 5) is 13.1. The lowest BCUT2D eigenvalue weighted by Gasteiger charge is -2.33. The summed E-state index contributed by atoms with van der Waals surface area (Å²) in [5.41, 5.74) is 2.10. The molecule has 1 aromatic rings. The zero-order valence-electron chi connectivity index (χ0n) is 12.6. The maximum atomic E-state index is 11.0. The molecule has 0 N–H and O–H groups in total. The Morgan fingerprint density at radius 2 is 1.95 bits per heavy atom. The second-order valence-corrected chi connectivity index (χ2v) is 6.15. The third kappa shape index (κ3) is 3.37. The molecule has 1 aliphatic rings. The highest BCUT2D eigenvalue weighted by molar-refractivity contribution is 5.44. The third-order valence-electron chi connectivity index (χ3n) is 4.64. The first kappa shape index (κ1) is 15.0. The Balaban J connectivity index is 2.06. The fourth-order valence-electron chi connectivity index (χ4n) is 3.12. The van der Waals surface area contributed by atoms with Gasteiger partial charge in [-0.15, -0.1) is 0 Å². The van der Waals surface area contributed by atoms with Crippen molar-refractivity contribution >= 4 is 5.69 Å². The van der Waals surface area contributed by atoms with Crippen LogP contribution in [0.15, 0.2) is 18.2 Å². The van der Waals surface area contributed by atoms with Crippen molar-refractivity contribution in [1.82, 2.24) is 4.90 Å². The Kier molecular flexibility index (Phi) is 4.76. The Hall–Kier alpha value is -1.42. The van der Waals surface area contributed by atoms with Gasteiger partial charge in [-0.1, -0.05) is 19.1 Å². The lowest BCUT2D eigenvalue weighted by atomic mass is 9.86. The first-order valence-electron chi connectivity index (χ1n) is 7.42. The molecule has 0 aliphatic heterocycles. The van der Waals surface area contributed by atoms with Gasteiger partial charge in [0.05, 0.1) is 4.92 Å². The first-order valence-corrected chi connectivity index (χ1v) is 7.42. The van der Waals surface area contributed by atoms with E-state index in [0.29, 0.717) is 6.04 Å². The number of hydrogen-bond acceptors (Lipinski definition) is 3. The predicted molar refractivity (Wildman–Crippen MR) is 80.7 cm³/mol. The van der Waals surface area contributed by atoms with Crippen LogP contribution < -0.4 is 0 Å². The van der Waals surface area contributed by atoms with Crippen LogP contribution in [-0.4, -0.2) is 22.9 Å². The van der Waals surface area contributed by atoms with Crippen LogP contribution in [0.25, 0.3) is 0 Å². The Labute approximate surface area is 120 Å². The largest absolute Gasteiger partial charge is 0.299 e. The highest BCUT2D eigenvalue weighted by atomic mass is 16.6. The molecule has 1 saturated carbocycles. The maximum Gasteiger partial charge on any atom is 0.272 e. The molecule has 1 aromatic carbocycles. The van der Waals surface area contributed by atoms with Gasteiger partial charge in [-0.3, -0.25) is 15.0 Å². The van der Waals surface area contributed by atoms with Gasteiger partial charge in [-0.05, 0) is 51.1 Å². The van der Waals surface area contributed by atoms with Crippen molar-refractivity contribution in [3.05, 3.63) is 39.4 Å². The lowest BCUT2D eigenvalue weighted by Crippen LogP contribution is -2.34. The van der Waals surface area contributed by atoms with Crippen molar-refractivity contribution in [3.63, 3.8) is 0 Å². The molecule has 110 valence electrons. The number of hydrogen-bond donors (Lipinski definition) is 0. The fourth-order valence-corrected chi connectivity index (χ4v) is 3.12. The van der Waals surface area contributed by atoms with Crippen LogP contribution in [0.5, 0.6) is 0 Å². The van der Waals surface area contributed by atoms with Crippen molar-refractivity contribution in [3.8, 4) is 0 Å². The van der Waals surface area contributed by atoms with Crippen LogP contribution in [0.3, 0.4) is 0 Å². The molecule has 1 aliphatic carbocycles. The molecule has 0 amide bonds. The summed E-state index contributed by atoms with van der Waals surface area (Å²) in [6, 6.07) is 5.99. The lowest BCUT2D eigenvalue weighted by molar-refractivity contribution is -0.385. The molecule has 4 heteroatoms. The van der Waals surface area contributed by atoms with Gasteiger partial charge in [0.2, 0.25) is 0 Å². The summed E-state index contributed by atoms with van der Waals surface area (Å²) in [5, 5.41) is 11.0. The van der Waals surface area contributed by atoms with Gasteiger partial charge in [-0.25, -0.2) is 0 Å². The molecule has 20 heavy (non-hydrogen) atoms. The van der Waals surface area contributed by atoms with E-state index in [9.17, 15) is 10.1 Å². The minimum atomic E-state index is -0.291. The normalized spacial score (nSPS) is 23.0. The molecule has 1 fully saturated rings. The van der Waals surface area contributed by atoms with E-state index in [1.54, 1.807) is 12.1 Å². The average Bonchev–Trinajstić information content (AvgIpc) is 2.41. The van der Waals surface area contributed by atoms with Crippen molar-refractivity contribution < 1.29 is 4.92 Å². The molecule has 0 aromatic heterocycles. The summed E-state index contributed by atoms with van der Waals surface area (Å²) in [7, 11) is 2.14. The van der Waals surface area contributed by atoms with Gasteiger partial charge in [0, 0.05) is 24.2 Å². The Morgan fingerprint density at radius 3 is 2.55 bits per heavy atom. The Morgan fingerprint density at radius 1 is 1.30 bits per heavy atom. The number of nitro benzene ring substituents is 1. The highest BCUT2D eigenvalue weighted by Gasteiger charge is 2.22. The summed E-state index contributed by atoms with van der Waals surface area (Å²) >= 11 is 0.